The third kappa shape index (κ3) is 1.02. The molecule has 2 heterocycles. The molecule has 2 aromatic heterocycles. The van der Waals surface area contributed by atoms with E-state index in [2.05, 4.69) is 16.0 Å². The Bertz CT molecular complexity index is 613. The van der Waals surface area contributed by atoms with Crippen LogP contribution >= 0.6 is 11.3 Å². The zero-order valence-electron chi connectivity index (χ0n) is 7.69. The molecule has 0 radical (unpaired) electrons. The van der Waals surface area contributed by atoms with Crippen LogP contribution in [-0.2, 0) is 0 Å². The minimum absolute atomic E-state index is 1.06. The Balaban J connectivity index is 2.57. The van der Waals surface area contributed by atoms with Gasteiger partial charge in [-0.2, -0.15) is 0 Å². The molecular weight excluding hydrogens is 192 g/mol. The highest BCUT2D eigenvalue weighted by Crippen LogP contribution is 2.26. The minimum atomic E-state index is 1.06. The van der Waals surface area contributed by atoms with E-state index in [9.17, 15) is 0 Å². The quantitative estimate of drug-likeness (QED) is 0.557. The van der Waals surface area contributed by atoms with E-state index in [1.54, 1.807) is 11.3 Å². The first kappa shape index (κ1) is 7.88. The number of aryl methyl sites for hydroxylation is 1. The maximum absolute atomic E-state index is 4.48. The van der Waals surface area contributed by atoms with E-state index in [4.69, 9.17) is 0 Å². The van der Waals surface area contributed by atoms with E-state index < -0.39 is 0 Å². The molecule has 2 nitrogen and oxygen atoms in total. The van der Waals surface area contributed by atoms with Crippen molar-refractivity contribution in [3.05, 3.63) is 35.5 Å². The van der Waals surface area contributed by atoms with Crippen LogP contribution in [0, 0.1) is 6.92 Å². The van der Waals surface area contributed by atoms with Crippen LogP contribution < -0.4 is 0 Å². The first-order valence-corrected chi connectivity index (χ1v) is 5.32. The van der Waals surface area contributed by atoms with Gasteiger partial charge in [0.05, 0.1) is 21.2 Å². The second-order valence-electron chi connectivity index (χ2n) is 3.29. The van der Waals surface area contributed by atoms with Gasteiger partial charge in [0.15, 0.2) is 0 Å². The van der Waals surface area contributed by atoms with Crippen molar-refractivity contribution >= 4 is 32.5 Å². The van der Waals surface area contributed by atoms with Gasteiger partial charge in [-0.25, -0.2) is 4.98 Å². The van der Waals surface area contributed by atoms with Gasteiger partial charge in [-0.3, -0.25) is 4.98 Å². The van der Waals surface area contributed by atoms with Gasteiger partial charge >= 0.3 is 0 Å². The third-order valence-electron chi connectivity index (χ3n) is 2.30. The van der Waals surface area contributed by atoms with Crippen LogP contribution in [0.25, 0.3) is 21.1 Å². The number of fused-ring (bicyclic) bond motifs is 3. The molecule has 0 aliphatic heterocycles. The van der Waals surface area contributed by atoms with Crippen LogP contribution in [0.2, 0.25) is 0 Å². The summed E-state index contributed by atoms with van der Waals surface area (Å²) in [6.07, 6.45) is 0. The van der Waals surface area contributed by atoms with Crippen molar-refractivity contribution in [1.29, 1.82) is 0 Å². The first-order valence-electron chi connectivity index (χ1n) is 4.44. The standard InChI is InChI=1S/C11H8N2S/c1-7-2-3-8-9(13-7)4-5-10-11(8)14-6-12-10/h2-6H,1H3. The van der Waals surface area contributed by atoms with Gasteiger partial charge in [-0.1, -0.05) is 0 Å². The van der Waals surface area contributed by atoms with Gasteiger partial charge < -0.3 is 0 Å². The molecule has 0 unspecified atom stereocenters. The maximum Gasteiger partial charge on any atom is 0.0819 e. The molecule has 3 rings (SSSR count). The van der Waals surface area contributed by atoms with Crippen LogP contribution in [0.4, 0.5) is 0 Å². The highest BCUT2D eigenvalue weighted by atomic mass is 32.1. The van der Waals surface area contributed by atoms with Gasteiger partial charge in [0.1, 0.15) is 0 Å². The molecule has 0 atom stereocenters. The Kier molecular flexibility index (Phi) is 1.55. The number of rotatable bonds is 0. The van der Waals surface area contributed by atoms with Crippen molar-refractivity contribution in [3.63, 3.8) is 0 Å². The van der Waals surface area contributed by atoms with Gasteiger partial charge in [-0.05, 0) is 31.2 Å². The number of aromatic nitrogens is 2. The highest BCUT2D eigenvalue weighted by molar-refractivity contribution is 7.17. The average Bonchev–Trinajstić information content (AvgIpc) is 2.65. The summed E-state index contributed by atoms with van der Waals surface area (Å²) in [5.41, 5.74) is 5.06. The van der Waals surface area contributed by atoms with Crippen LogP contribution in [0.1, 0.15) is 5.69 Å². The monoisotopic (exact) mass is 200 g/mol. The largest absolute Gasteiger partial charge is 0.253 e. The van der Waals surface area contributed by atoms with E-state index in [0.717, 1.165) is 16.7 Å². The number of hydrogen-bond acceptors (Lipinski definition) is 3. The molecule has 0 saturated heterocycles. The molecule has 0 N–H and O–H groups in total. The maximum atomic E-state index is 4.48. The predicted molar refractivity (Wildman–Crippen MR) is 59.7 cm³/mol. The number of hydrogen-bond donors (Lipinski definition) is 0. The van der Waals surface area contributed by atoms with Gasteiger partial charge in [0.25, 0.3) is 0 Å². The lowest BCUT2D eigenvalue weighted by Gasteiger charge is -1.98. The predicted octanol–water partition coefficient (Wildman–Crippen LogP) is 3.15. The number of thiazole rings is 1. The second-order valence-corrected chi connectivity index (χ2v) is 4.14. The Morgan fingerprint density at radius 1 is 1.07 bits per heavy atom. The molecule has 0 amide bonds. The van der Waals surface area contributed by atoms with Gasteiger partial charge in [0, 0.05) is 11.1 Å². The molecule has 0 bridgehead atoms. The van der Waals surface area contributed by atoms with Gasteiger partial charge in [0.2, 0.25) is 0 Å². The molecule has 3 aromatic rings. The fraction of sp³-hybridized carbons (Fsp3) is 0.0909. The van der Waals surface area contributed by atoms with Crippen molar-refractivity contribution in [1.82, 2.24) is 9.97 Å². The molecule has 68 valence electrons. The topological polar surface area (TPSA) is 25.8 Å². The van der Waals surface area contributed by atoms with E-state index in [-0.39, 0.29) is 0 Å². The Hall–Kier alpha value is -1.48. The summed E-state index contributed by atoms with van der Waals surface area (Å²) in [5, 5.41) is 1.20. The molecule has 0 spiro atoms. The molecule has 3 heteroatoms. The lowest BCUT2D eigenvalue weighted by Crippen LogP contribution is -1.82. The Morgan fingerprint density at radius 2 is 1.93 bits per heavy atom. The lowest BCUT2D eigenvalue weighted by molar-refractivity contribution is 1.26. The summed E-state index contributed by atoms with van der Waals surface area (Å²) in [6.45, 7) is 2.01. The van der Waals surface area contributed by atoms with E-state index in [0.29, 0.717) is 0 Å². The second kappa shape index (κ2) is 2.75. The van der Waals surface area contributed by atoms with Crippen molar-refractivity contribution in [2.24, 2.45) is 0 Å². The van der Waals surface area contributed by atoms with E-state index in [1.807, 2.05) is 30.6 Å². The van der Waals surface area contributed by atoms with Crippen molar-refractivity contribution < 1.29 is 0 Å². The molecule has 1 aromatic carbocycles. The van der Waals surface area contributed by atoms with E-state index in [1.165, 1.54) is 10.1 Å². The number of pyridine rings is 1. The fourth-order valence-electron chi connectivity index (χ4n) is 1.63. The zero-order chi connectivity index (χ0) is 9.54. The smallest absolute Gasteiger partial charge is 0.0819 e. The van der Waals surface area contributed by atoms with Crippen molar-refractivity contribution in [3.8, 4) is 0 Å². The van der Waals surface area contributed by atoms with Crippen LogP contribution in [0.5, 0.6) is 0 Å². The number of nitrogens with zero attached hydrogens (tertiary/aromatic N) is 2. The molecular formula is C11H8N2S. The van der Waals surface area contributed by atoms with Crippen molar-refractivity contribution in [2.45, 2.75) is 6.92 Å². The molecule has 0 fully saturated rings. The Labute approximate surface area is 85.2 Å². The summed E-state index contributed by atoms with van der Waals surface area (Å²) in [5.74, 6) is 0. The lowest BCUT2D eigenvalue weighted by atomic mass is 10.2. The van der Waals surface area contributed by atoms with E-state index >= 15 is 0 Å². The number of benzene rings is 1. The van der Waals surface area contributed by atoms with Crippen molar-refractivity contribution in [2.75, 3.05) is 0 Å². The Morgan fingerprint density at radius 3 is 2.86 bits per heavy atom. The summed E-state index contributed by atoms with van der Waals surface area (Å²) in [7, 11) is 0. The molecule has 0 aliphatic rings. The summed E-state index contributed by atoms with van der Waals surface area (Å²) >= 11 is 1.67. The van der Waals surface area contributed by atoms with Crippen LogP contribution in [0.3, 0.4) is 0 Å². The van der Waals surface area contributed by atoms with Crippen LogP contribution in [-0.4, -0.2) is 9.97 Å². The highest BCUT2D eigenvalue weighted by Gasteiger charge is 2.02. The summed E-state index contributed by atoms with van der Waals surface area (Å²) in [4.78, 5) is 8.77. The normalized spacial score (nSPS) is 11.2. The minimum Gasteiger partial charge on any atom is -0.253 e. The summed E-state index contributed by atoms with van der Waals surface area (Å²) < 4.78 is 1.23. The molecule has 14 heavy (non-hydrogen) atoms. The SMILES string of the molecule is Cc1ccc2c(ccc3ncsc32)n1. The fourth-order valence-corrected chi connectivity index (χ4v) is 2.44. The molecule has 0 saturated carbocycles. The van der Waals surface area contributed by atoms with Gasteiger partial charge in [-0.15, -0.1) is 11.3 Å². The zero-order valence-corrected chi connectivity index (χ0v) is 8.51. The summed E-state index contributed by atoms with van der Waals surface area (Å²) in [6, 6.07) is 8.23. The molecule has 0 aliphatic carbocycles. The first-order chi connectivity index (χ1) is 6.84. The average molecular weight is 200 g/mol. The third-order valence-corrected chi connectivity index (χ3v) is 3.18. The van der Waals surface area contributed by atoms with Crippen LogP contribution in [0.15, 0.2) is 29.8 Å².